The fourth-order valence-corrected chi connectivity index (χ4v) is 1.78. The van der Waals surface area contributed by atoms with Crippen LogP contribution in [0.4, 0.5) is 15.9 Å². The third-order valence-electron chi connectivity index (χ3n) is 2.33. The number of aromatic nitrogens is 2. The molecule has 0 saturated heterocycles. The predicted molar refractivity (Wildman–Crippen MR) is 66.1 cm³/mol. The topological polar surface area (TPSA) is 37.8 Å². The van der Waals surface area contributed by atoms with Gasteiger partial charge in [-0.2, -0.15) is 0 Å². The van der Waals surface area contributed by atoms with Gasteiger partial charge in [-0.25, -0.2) is 14.4 Å². The molecule has 0 amide bonds. The summed E-state index contributed by atoms with van der Waals surface area (Å²) >= 11 is 5.96. The number of anilines is 2. The van der Waals surface area contributed by atoms with Crippen molar-refractivity contribution in [1.82, 2.24) is 9.97 Å². The Labute approximate surface area is 104 Å². The molecule has 0 aliphatic carbocycles. The van der Waals surface area contributed by atoms with Crippen molar-refractivity contribution >= 4 is 23.1 Å². The van der Waals surface area contributed by atoms with Gasteiger partial charge in [-0.1, -0.05) is 24.6 Å². The third kappa shape index (κ3) is 2.71. The van der Waals surface area contributed by atoms with Crippen molar-refractivity contribution in [2.45, 2.75) is 13.3 Å². The molecule has 1 N–H and O–H groups in total. The summed E-state index contributed by atoms with van der Waals surface area (Å²) in [6, 6.07) is 6.18. The second kappa shape index (κ2) is 5.10. The predicted octanol–water partition coefficient (Wildman–Crippen LogP) is 3.58. The first-order chi connectivity index (χ1) is 8.20. The minimum absolute atomic E-state index is 0.298. The van der Waals surface area contributed by atoms with E-state index in [2.05, 4.69) is 15.3 Å². The normalized spacial score (nSPS) is 10.3. The number of rotatable bonds is 3. The lowest BCUT2D eigenvalue weighted by Crippen LogP contribution is -2.00. The molecule has 0 unspecified atom stereocenters. The highest BCUT2D eigenvalue weighted by atomic mass is 35.5. The SMILES string of the molecule is CCc1c(Cl)ncnc1Nc1cccc(F)c1. The maximum Gasteiger partial charge on any atom is 0.138 e. The molecule has 1 heterocycles. The fraction of sp³-hybridized carbons (Fsp3) is 0.167. The highest BCUT2D eigenvalue weighted by Crippen LogP contribution is 2.23. The van der Waals surface area contributed by atoms with Crippen molar-refractivity contribution in [3.63, 3.8) is 0 Å². The van der Waals surface area contributed by atoms with E-state index in [0.29, 0.717) is 23.1 Å². The van der Waals surface area contributed by atoms with Gasteiger partial charge in [0.05, 0.1) is 0 Å². The van der Waals surface area contributed by atoms with Crippen LogP contribution in [0.1, 0.15) is 12.5 Å². The van der Waals surface area contributed by atoms with Crippen LogP contribution in [0.3, 0.4) is 0 Å². The molecule has 0 fully saturated rings. The second-order valence-corrected chi connectivity index (χ2v) is 3.84. The van der Waals surface area contributed by atoms with Crippen LogP contribution in [-0.2, 0) is 6.42 Å². The Morgan fingerprint density at radius 2 is 2.18 bits per heavy atom. The van der Waals surface area contributed by atoms with Gasteiger partial charge >= 0.3 is 0 Å². The highest BCUT2D eigenvalue weighted by Gasteiger charge is 2.08. The first-order valence-corrected chi connectivity index (χ1v) is 5.60. The summed E-state index contributed by atoms with van der Waals surface area (Å²) in [5, 5.41) is 3.45. The summed E-state index contributed by atoms with van der Waals surface area (Å²) in [6.45, 7) is 1.96. The maximum atomic E-state index is 13.0. The smallest absolute Gasteiger partial charge is 0.138 e. The Balaban J connectivity index is 2.33. The van der Waals surface area contributed by atoms with Crippen molar-refractivity contribution < 1.29 is 4.39 Å². The van der Waals surface area contributed by atoms with Gasteiger partial charge in [0, 0.05) is 11.3 Å². The van der Waals surface area contributed by atoms with Crippen molar-refractivity contribution in [2.24, 2.45) is 0 Å². The standard InChI is InChI=1S/C12H11ClFN3/c1-2-10-11(13)15-7-16-12(10)17-9-5-3-4-8(14)6-9/h3-7H,2H2,1H3,(H,15,16,17). The molecule has 88 valence electrons. The first kappa shape index (κ1) is 11.8. The lowest BCUT2D eigenvalue weighted by molar-refractivity contribution is 0.628. The van der Waals surface area contributed by atoms with Crippen LogP contribution in [0.15, 0.2) is 30.6 Å². The summed E-state index contributed by atoms with van der Waals surface area (Å²) in [7, 11) is 0. The molecule has 0 aliphatic heterocycles. The quantitative estimate of drug-likeness (QED) is 0.848. The summed E-state index contributed by atoms with van der Waals surface area (Å²) in [6.07, 6.45) is 2.08. The summed E-state index contributed by atoms with van der Waals surface area (Å²) in [4.78, 5) is 8.02. The van der Waals surface area contributed by atoms with E-state index >= 15 is 0 Å². The molecule has 0 saturated carbocycles. The van der Waals surface area contributed by atoms with Crippen LogP contribution in [0.25, 0.3) is 0 Å². The number of halogens is 2. The van der Waals surface area contributed by atoms with E-state index < -0.39 is 0 Å². The lowest BCUT2D eigenvalue weighted by Gasteiger charge is -2.10. The Hall–Kier alpha value is -1.68. The molecule has 2 aromatic rings. The van der Waals surface area contributed by atoms with Gasteiger partial charge in [0.15, 0.2) is 0 Å². The van der Waals surface area contributed by atoms with Crippen LogP contribution in [0.2, 0.25) is 5.15 Å². The molecule has 1 aromatic carbocycles. The molecular weight excluding hydrogens is 241 g/mol. The average Bonchev–Trinajstić information content (AvgIpc) is 2.29. The van der Waals surface area contributed by atoms with E-state index in [4.69, 9.17) is 11.6 Å². The van der Waals surface area contributed by atoms with Gasteiger partial charge in [-0.15, -0.1) is 0 Å². The first-order valence-electron chi connectivity index (χ1n) is 5.22. The molecule has 0 aliphatic rings. The number of benzene rings is 1. The minimum atomic E-state index is -0.298. The van der Waals surface area contributed by atoms with Gasteiger partial charge in [-0.05, 0) is 24.6 Å². The van der Waals surface area contributed by atoms with E-state index in [1.165, 1.54) is 18.5 Å². The van der Waals surface area contributed by atoms with Crippen molar-refractivity contribution in [2.75, 3.05) is 5.32 Å². The zero-order valence-corrected chi connectivity index (χ0v) is 10.0. The molecular formula is C12H11ClFN3. The largest absolute Gasteiger partial charge is 0.340 e. The third-order valence-corrected chi connectivity index (χ3v) is 2.66. The molecule has 0 spiro atoms. The molecule has 17 heavy (non-hydrogen) atoms. The Morgan fingerprint density at radius 1 is 1.35 bits per heavy atom. The van der Waals surface area contributed by atoms with E-state index in [9.17, 15) is 4.39 Å². The van der Waals surface area contributed by atoms with E-state index in [1.807, 2.05) is 6.92 Å². The van der Waals surface area contributed by atoms with Crippen LogP contribution in [0.5, 0.6) is 0 Å². The van der Waals surface area contributed by atoms with E-state index in [1.54, 1.807) is 12.1 Å². The summed E-state index contributed by atoms with van der Waals surface area (Å²) < 4.78 is 13.0. The summed E-state index contributed by atoms with van der Waals surface area (Å²) in [5.41, 5.74) is 1.45. The number of hydrogen-bond acceptors (Lipinski definition) is 3. The van der Waals surface area contributed by atoms with Gasteiger partial charge in [0.1, 0.15) is 23.1 Å². The van der Waals surface area contributed by atoms with Crippen molar-refractivity contribution in [1.29, 1.82) is 0 Å². The van der Waals surface area contributed by atoms with Crippen molar-refractivity contribution in [3.8, 4) is 0 Å². The lowest BCUT2D eigenvalue weighted by atomic mass is 10.2. The number of nitrogens with one attached hydrogen (secondary N) is 1. The van der Waals surface area contributed by atoms with Crippen LogP contribution in [0, 0.1) is 5.82 Å². The van der Waals surface area contributed by atoms with Crippen LogP contribution in [-0.4, -0.2) is 9.97 Å². The number of hydrogen-bond donors (Lipinski definition) is 1. The van der Waals surface area contributed by atoms with Gasteiger partial charge in [0.2, 0.25) is 0 Å². The zero-order valence-electron chi connectivity index (χ0n) is 9.24. The Morgan fingerprint density at radius 3 is 2.88 bits per heavy atom. The van der Waals surface area contributed by atoms with Gasteiger partial charge < -0.3 is 5.32 Å². The molecule has 2 rings (SSSR count). The fourth-order valence-electron chi connectivity index (χ4n) is 1.51. The molecule has 0 atom stereocenters. The molecule has 0 radical (unpaired) electrons. The minimum Gasteiger partial charge on any atom is -0.340 e. The van der Waals surface area contributed by atoms with Crippen LogP contribution >= 0.6 is 11.6 Å². The van der Waals surface area contributed by atoms with E-state index in [0.717, 1.165) is 5.56 Å². The molecule has 1 aromatic heterocycles. The Bertz CT molecular complexity index is 531. The molecule has 0 bridgehead atoms. The maximum absolute atomic E-state index is 13.0. The highest BCUT2D eigenvalue weighted by molar-refractivity contribution is 6.30. The Kier molecular flexibility index (Phi) is 3.54. The van der Waals surface area contributed by atoms with Gasteiger partial charge in [-0.3, -0.25) is 0 Å². The molecule has 5 heteroatoms. The van der Waals surface area contributed by atoms with Crippen LogP contribution < -0.4 is 5.32 Å². The van der Waals surface area contributed by atoms with Crippen molar-refractivity contribution in [3.05, 3.63) is 47.1 Å². The van der Waals surface area contributed by atoms with Gasteiger partial charge in [0.25, 0.3) is 0 Å². The zero-order chi connectivity index (χ0) is 12.3. The number of nitrogens with zero attached hydrogens (tertiary/aromatic N) is 2. The molecule has 3 nitrogen and oxygen atoms in total. The summed E-state index contributed by atoms with van der Waals surface area (Å²) in [5.74, 6) is 0.311. The average molecular weight is 252 g/mol. The second-order valence-electron chi connectivity index (χ2n) is 3.48. The van der Waals surface area contributed by atoms with E-state index in [-0.39, 0.29) is 5.82 Å². The monoisotopic (exact) mass is 251 g/mol.